The van der Waals surface area contributed by atoms with E-state index in [4.69, 9.17) is 14.2 Å². The van der Waals surface area contributed by atoms with E-state index in [0.717, 1.165) is 39.1 Å². The summed E-state index contributed by atoms with van der Waals surface area (Å²) in [5, 5.41) is 0. The molecule has 4 heterocycles. The minimum Gasteiger partial charge on any atom is -0.497 e. The van der Waals surface area contributed by atoms with E-state index in [0.29, 0.717) is 41.4 Å². The second-order valence-electron chi connectivity index (χ2n) is 12.1. The van der Waals surface area contributed by atoms with Crippen molar-refractivity contribution in [2.45, 2.75) is 44.3 Å². The van der Waals surface area contributed by atoms with Crippen LogP contribution in [-0.2, 0) is 39.1 Å². The van der Waals surface area contributed by atoms with Crippen molar-refractivity contribution in [1.82, 2.24) is 14.7 Å². The van der Waals surface area contributed by atoms with Gasteiger partial charge < -0.3 is 24.0 Å². The Morgan fingerprint density at radius 1 is 1.04 bits per heavy atom. The number of piperazine rings is 1. The van der Waals surface area contributed by atoms with Gasteiger partial charge in [0.05, 0.1) is 24.3 Å². The largest absolute Gasteiger partial charge is 0.497 e. The molecule has 1 saturated heterocycles. The number of sulfonamides is 1. The van der Waals surface area contributed by atoms with E-state index in [1.165, 1.54) is 19.6 Å². The predicted octanol–water partition coefficient (Wildman–Crippen LogP) is 3.68. The zero-order valence-corrected chi connectivity index (χ0v) is 28.1. The molecule has 2 aromatic carbocycles. The first-order valence-corrected chi connectivity index (χ1v) is 17.7. The van der Waals surface area contributed by atoms with Crippen molar-refractivity contribution in [3.05, 3.63) is 68.9 Å². The Balaban J connectivity index is 1.12. The number of nitrogens with zero attached hydrogens (tertiary/aromatic N) is 4. The third-order valence-electron chi connectivity index (χ3n) is 8.83. The molecule has 1 unspecified atom stereocenters. The Morgan fingerprint density at radius 2 is 1.78 bits per heavy atom. The Morgan fingerprint density at radius 3 is 2.51 bits per heavy atom. The maximum atomic E-state index is 14.3. The molecule has 0 N–H and O–H groups in total. The molecule has 3 aliphatic rings. The van der Waals surface area contributed by atoms with E-state index in [1.54, 1.807) is 51.3 Å². The van der Waals surface area contributed by atoms with Gasteiger partial charge in [-0.3, -0.25) is 14.0 Å². The van der Waals surface area contributed by atoms with Gasteiger partial charge in [0.25, 0.3) is 10.0 Å². The minimum absolute atomic E-state index is 0.0142. The van der Waals surface area contributed by atoms with Crippen LogP contribution < -0.4 is 13.8 Å². The Hall–Kier alpha value is -3.16. The lowest BCUT2D eigenvalue weighted by molar-refractivity contribution is -0.137. The number of hydrogen-bond donors (Lipinski definition) is 0. The number of likely N-dealkylation sites (N-methyl/N-ethyl adjacent to an activating group) is 1. The second-order valence-corrected chi connectivity index (χ2v) is 15.1. The van der Waals surface area contributed by atoms with Gasteiger partial charge in [-0.25, -0.2) is 8.42 Å². The molecule has 0 bridgehead atoms. The molecule has 242 valence electrons. The van der Waals surface area contributed by atoms with Gasteiger partial charge in [-0.2, -0.15) is 0 Å². The van der Waals surface area contributed by atoms with Crippen LogP contribution in [0.1, 0.15) is 26.4 Å². The van der Waals surface area contributed by atoms with Crippen LogP contribution in [0.4, 0.5) is 5.69 Å². The summed E-state index contributed by atoms with van der Waals surface area (Å²) in [6, 6.07) is 12.2. The predicted molar refractivity (Wildman–Crippen MR) is 175 cm³/mol. The van der Waals surface area contributed by atoms with E-state index >= 15 is 0 Å². The van der Waals surface area contributed by atoms with Crippen molar-refractivity contribution in [2.24, 2.45) is 0 Å². The summed E-state index contributed by atoms with van der Waals surface area (Å²) >= 11 is 1.87. The molecule has 45 heavy (non-hydrogen) atoms. The van der Waals surface area contributed by atoms with E-state index in [9.17, 15) is 13.2 Å². The number of anilines is 1. The van der Waals surface area contributed by atoms with Crippen LogP contribution in [0, 0.1) is 13.8 Å². The molecular formula is C33H42N4O6S2. The summed E-state index contributed by atoms with van der Waals surface area (Å²) < 4.78 is 47.3. The van der Waals surface area contributed by atoms with E-state index in [-0.39, 0.29) is 30.6 Å². The number of thiophene rings is 1. The van der Waals surface area contributed by atoms with Gasteiger partial charge in [-0.05, 0) is 74.3 Å². The number of benzene rings is 2. The third-order valence-corrected chi connectivity index (χ3v) is 12.2. The van der Waals surface area contributed by atoms with Crippen molar-refractivity contribution in [1.29, 1.82) is 0 Å². The average Bonchev–Trinajstić information content (AvgIpc) is 3.42. The van der Waals surface area contributed by atoms with Crippen molar-refractivity contribution in [2.75, 3.05) is 71.0 Å². The van der Waals surface area contributed by atoms with Gasteiger partial charge in [-0.15, -0.1) is 11.3 Å². The minimum atomic E-state index is -4.01. The molecule has 1 amide bonds. The van der Waals surface area contributed by atoms with Crippen LogP contribution in [0.5, 0.6) is 11.5 Å². The molecule has 0 spiro atoms. The smallest absolute Gasteiger partial charge is 0.265 e. The Bertz CT molecular complexity index is 1630. The molecular weight excluding hydrogens is 613 g/mol. The van der Waals surface area contributed by atoms with Crippen molar-refractivity contribution in [3.63, 3.8) is 0 Å². The highest BCUT2D eigenvalue weighted by Crippen LogP contribution is 2.39. The summed E-state index contributed by atoms with van der Waals surface area (Å²) in [4.78, 5) is 22.9. The summed E-state index contributed by atoms with van der Waals surface area (Å²) in [5.41, 5.74) is 2.86. The molecule has 12 heteroatoms. The van der Waals surface area contributed by atoms with Crippen LogP contribution in [0.25, 0.3) is 0 Å². The van der Waals surface area contributed by atoms with Gasteiger partial charge in [0, 0.05) is 55.6 Å². The highest BCUT2D eigenvalue weighted by molar-refractivity contribution is 7.93. The van der Waals surface area contributed by atoms with Crippen LogP contribution in [0.3, 0.4) is 0 Å². The van der Waals surface area contributed by atoms with E-state index in [1.807, 2.05) is 22.3 Å². The normalized spacial score (nSPS) is 19.2. The molecule has 0 aliphatic carbocycles. The molecule has 3 aromatic rings. The van der Waals surface area contributed by atoms with Crippen molar-refractivity contribution < 1.29 is 27.4 Å². The van der Waals surface area contributed by atoms with E-state index < -0.39 is 16.1 Å². The fourth-order valence-corrected chi connectivity index (χ4v) is 9.74. The monoisotopic (exact) mass is 654 g/mol. The number of ether oxygens (including phenoxy) is 3. The summed E-state index contributed by atoms with van der Waals surface area (Å²) in [6.07, 6.45) is 0.842. The number of fused-ring (bicyclic) bond motifs is 2. The van der Waals surface area contributed by atoms with Gasteiger partial charge in [-0.1, -0.05) is 12.1 Å². The topological polar surface area (TPSA) is 91.9 Å². The number of carbonyl (C=O) groups is 1. The lowest BCUT2D eigenvalue weighted by Gasteiger charge is -2.38. The van der Waals surface area contributed by atoms with Crippen LogP contribution in [0.2, 0.25) is 0 Å². The van der Waals surface area contributed by atoms with Crippen LogP contribution in [-0.4, -0.2) is 102 Å². The van der Waals surface area contributed by atoms with Gasteiger partial charge in [0.2, 0.25) is 5.91 Å². The van der Waals surface area contributed by atoms with Crippen molar-refractivity contribution >= 4 is 33.0 Å². The molecule has 1 aromatic heterocycles. The third kappa shape index (κ3) is 6.71. The molecule has 0 saturated carbocycles. The molecule has 1 fully saturated rings. The maximum absolute atomic E-state index is 14.3. The van der Waals surface area contributed by atoms with Crippen molar-refractivity contribution in [3.8, 4) is 11.5 Å². The Kier molecular flexibility index (Phi) is 9.39. The molecule has 1 atom stereocenters. The van der Waals surface area contributed by atoms with E-state index in [2.05, 4.69) is 22.9 Å². The number of carbonyl (C=O) groups excluding carboxylic acids is 1. The molecule has 3 aliphatic heterocycles. The molecule has 10 nitrogen and oxygen atoms in total. The first-order chi connectivity index (χ1) is 21.6. The summed E-state index contributed by atoms with van der Waals surface area (Å²) in [7, 11) is -0.281. The van der Waals surface area contributed by atoms with Crippen LogP contribution in [0.15, 0.2) is 47.4 Å². The summed E-state index contributed by atoms with van der Waals surface area (Å²) in [6.45, 7) is 10.1. The van der Waals surface area contributed by atoms with Crippen LogP contribution >= 0.6 is 11.3 Å². The maximum Gasteiger partial charge on any atom is 0.265 e. The zero-order chi connectivity index (χ0) is 31.7. The second kappa shape index (κ2) is 13.3. The fourth-order valence-electron chi connectivity index (χ4n) is 6.47. The summed E-state index contributed by atoms with van der Waals surface area (Å²) in [5.74, 6) is 0.994. The molecule has 0 radical (unpaired) electrons. The van der Waals surface area contributed by atoms with Gasteiger partial charge in [0.15, 0.2) is 0 Å². The number of para-hydroxylation sites is 2. The Labute approximate surface area is 270 Å². The highest BCUT2D eigenvalue weighted by Gasteiger charge is 2.39. The molecule has 6 rings (SSSR count). The SMILES string of the molecule is COc1cc(C)c(S(=O)(=O)N2c3ccccc3OCC2COCC(=O)N2CCc3sc(CN4CCN(C)CC4)cc3C2)c(C)c1. The van der Waals surface area contributed by atoms with Gasteiger partial charge >= 0.3 is 0 Å². The number of amides is 1. The van der Waals surface area contributed by atoms with Gasteiger partial charge in [0.1, 0.15) is 30.8 Å². The number of rotatable bonds is 9. The highest BCUT2D eigenvalue weighted by atomic mass is 32.2. The number of aryl methyl sites for hydroxylation is 2. The fraction of sp³-hybridized carbons (Fsp3) is 0.485. The average molecular weight is 655 g/mol. The number of methoxy groups -OCH3 is 1. The lowest BCUT2D eigenvalue weighted by atomic mass is 10.1. The number of hydrogen-bond acceptors (Lipinski definition) is 9. The zero-order valence-electron chi connectivity index (χ0n) is 26.5. The quantitative estimate of drug-likeness (QED) is 0.345. The lowest BCUT2D eigenvalue weighted by Crippen LogP contribution is -2.50. The first-order valence-electron chi connectivity index (χ1n) is 15.4. The standard InChI is InChI=1S/C33H42N4O6S2/c1-23-15-27(41-4)16-24(2)33(23)45(39,40)37-26(21-43-30-8-6-5-7-29(30)37)20-42-22-32(38)36-10-9-31-25(18-36)17-28(44-31)19-35-13-11-34(3)12-14-35/h5-8,15-17,26H,9-14,18-22H2,1-4H3. The first kappa shape index (κ1) is 31.8.